The summed E-state index contributed by atoms with van der Waals surface area (Å²) in [6.45, 7) is 2.67. The van der Waals surface area contributed by atoms with Gasteiger partial charge >= 0.3 is 5.76 Å². The van der Waals surface area contributed by atoms with Crippen molar-refractivity contribution in [1.29, 1.82) is 0 Å². The van der Waals surface area contributed by atoms with Gasteiger partial charge in [0.15, 0.2) is 12.4 Å². The van der Waals surface area contributed by atoms with Gasteiger partial charge < -0.3 is 14.8 Å². The summed E-state index contributed by atoms with van der Waals surface area (Å²) >= 11 is 0. The van der Waals surface area contributed by atoms with Gasteiger partial charge in [0, 0.05) is 24.4 Å². The van der Waals surface area contributed by atoms with E-state index in [0.717, 1.165) is 5.56 Å². The maximum atomic E-state index is 11.9. The molecule has 0 radical (unpaired) electrons. The van der Waals surface area contributed by atoms with Crippen LogP contribution in [0.2, 0.25) is 0 Å². The highest BCUT2D eigenvalue weighted by atomic mass is 16.5. The van der Waals surface area contributed by atoms with E-state index in [9.17, 15) is 9.59 Å². The molecule has 0 bridgehead atoms. The Kier molecular flexibility index (Phi) is 5.83. The Morgan fingerprint density at radius 3 is 2.63 bits per heavy atom. The molecule has 3 rings (SSSR count). The first-order valence-electron chi connectivity index (χ1n) is 8.27. The van der Waals surface area contributed by atoms with E-state index >= 15 is 0 Å². The second-order valence-corrected chi connectivity index (χ2v) is 5.47. The van der Waals surface area contributed by atoms with E-state index in [1.54, 1.807) is 36.5 Å². The predicted molar refractivity (Wildman–Crippen MR) is 95.3 cm³/mol. The Morgan fingerprint density at radius 1 is 1.19 bits per heavy atom. The lowest BCUT2D eigenvalue weighted by Crippen LogP contribution is -2.28. The molecule has 9 nitrogen and oxygen atoms in total. The first kappa shape index (κ1) is 18.2. The summed E-state index contributed by atoms with van der Waals surface area (Å²) in [6.07, 6.45) is 1.65. The number of benzene rings is 1. The van der Waals surface area contributed by atoms with Crippen molar-refractivity contribution in [3.63, 3.8) is 0 Å². The van der Waals surface area contributed by atoms with Crippen LogP contribution in [0.3, 0.4) is 0 Å². The van der Waals surface area contributed by atoms with Crippen LogP contribution in [-0.2, 0) is 11.3 Å². The van der Waals surface area contributed by atoms with Gasteiger partial charge in [-0.25, -0.2) is 9.78 Å². The van der Waals surface area contributed by atoms with Crippen LogP contribution >= 0.6 is 0 Å². The Hall–Kier alpha value is -3.62. The van der Waals surface area contributed by atoms with Gasteiger partial charge in [0.2, 0.25) is 5.88 Å². The van der Waals surface area contributed by atoms with Crippen molar-refractivity contribution in [3.05, 3.63) is 58.7 Å². The fourth-order valence-corrected chi connectivity index (χ4v) is 2.21. The van der Waals surface area contributed by atoms with Crippen molar-refractivity contribution in [1.82, 2.24) is 20.4 Å². The molecule has 0 saturated heterocycles. The molecule has 0 fully saturated rings. The van der Waals surface area contributed by atoms with Gasteiger partial charge in [-0.1, -0.05) is 11.2 Å². The van der Waals surface area contributed by atoms with Gasteiger partial charge in [0.05, 0.1) is 6.61 Å². The fraction of sp³-hybridized carbons (Fsp3) is 0.222. The SMILES string of the molecule is CCOc1ccc(CNC(=O)COc2ccc(-c3noc(=O)[nH]3)cc2)cn1. The van der Waals surface area contributed by atoms with Crippen molar-refractivity contribution in [2.24, 2.45) is 0 Å². The minimum atomic E-state index is -0.621. The van der Waals surface area contributed by atoms with Gasteiger partial charge in [-0.2, -0.15) is 0 Å². The zero-order chi connectivity index (χ0) is 19.1. The number of rotatable bonds is 8. The molecule has 2 aromatic heterocycles. The van der Waals surface area contributed by atoms with Gasteiger partial charge in [0.1, 0.15) is 5.75 Å². The van der Waals surface area contributed by atoms with E-state index in [1.807, 2.05) is 13.0 Å². The van der Waals surface area contributed by atoms with Crippen LogP contribution in [0.25, 0.3) is 11.4 Å². The molecular weight excluding hydrogens is 352 g/mol. The second kappa shape index (κ2) is 8.65. The number of pyridine rings is 1. The fourth-order valence-electron chi connectivity index (χ4n) is 2.21. The Labute approximate surface area is 154 Å². The van der Waals surface area contributed by atoms with Crippen molar-refractivity contribution in [3.8, 4) is 23.0 Å². The van der Waals surface area contributed by atoms with E-state index in [1.165, 1.54) is 0 Å². The number of amides is 1. The summed E-state index contributed by atoms with van der Waals surface area (Å²) in [5, 5.41) is 6.35. The van der Waals surface area contributed by atoms with E-state index in [2.05, 4.69) is 25.0 Å². The largest absolute Gasteiger partial charge is 0.484 e. The smallest absolute Gasteiger partial charge is 0.439 e. The molecule has 0 aliphatic rings. The number of H-pyrrole nitrogens is 1. The lowest BCUT2D eigenvalue weighted by molar-refractivity contribution is -0.123. The highest BCUT2D eigenvalue weighted by Gasteiger charge is 2.06. The summed E-state index contributed by atoms with van der Waals surface area (Å²) in [5.74, 6) is 0.517. The normalized spacial score (nSPS) is 10.4. The van der Waals surface area contributed by atoms with Crippen LogP contribution in [0, 0.1) is 0 Å². The molecule has 1 amide bonds. The highest BCUT2D eigenvalue weighted by molar-refractivity contribution is 5.77. The van der Waals surface area contributed by atoms with Crippen molar-refractivity contribution in [2.45, 2.75) is 13.5 Å². The lowest BCUT2D eigenvalue weighted by atomic mass is 10.2. The zero-order valence-corrected chi connectivity index (χ0v) is 14.6. The third-order valence-electron chi connectivity index (χ3n) is 3.52. The molecule has 0 unspecified atom stereocenters. The van der Waals surface area contributed by atoms with Crippen LogP contribution in [0.15, 0.2) is 51.9 Å². The van der Waals surface area contributed by atoms with Gasteiger partial charge in [-0.3, -0.25) is 14.3 Å². The van der Waals surface area contributed by atoms with E-state index in [4.69, 9.17) is 9.47 Å². The first-order valence-corrected chi connectivity index (χ1v) is 8.27. The van der Waals surface area contributed by atoms with Crippen molar-refractivity contribution < 1.29 is 18.8 Å². The van der Waals surface area contributed by atoms with Crippen LogP contribution < -0.4 is 20.5 Å². The van der Waals surface area contributed by atoms with Crippen LogP contribution in [0.1, 0.15) is 12.5 Å². The molecule has 140 valence electrons. The predicted octanol–water partition coefficient (Wildman–Crippen LogP) is 1.52. The molecule has 0 atom stereocenters. The highest BCUT2D eigenvalue weighted by Crippen LogP contribution is 2.18. The summed E-state index contributed by atoms with van der Waals surface area (Å²) in [6, 6.07) is 10.3. The number of aromatic amines is 1. The summed E-state index contributed by atoms with van der Waals surface area (Å²) < 4.78 is 15.2. The lowest BCUT2D eigenvalue weighted by Gasteiger charge is -2.08. The number of nitrogens with one attached hydrogen (secondary N) is 2. The second-order valence-electron chi connectivity index (χ2n) is 5.47. The number of nitrogens with zero attached hydrogens (tertiary/aromatic N) is 2. The molecule has 2 heterocycles. The molecular formula is C18H18N4O5. The molecule has 0 aliphatic carbocycles. The number of ether oxygens (including phenoxy) is 2. The number of aromatic nitrogens is 3. The molecule has 0 spiro atoms. The average molecular weight is 370 g/mol. The number of carbonyl (C=O) groups excluding carboxylic acids is 1. The summed E-state index contributed by atoms with van der Waals surface area (Å²) in [7, 11) is 0. The maximum absolute atomic E-state index is 11.9. The van der Waals surface area contributed by atoms with Crippen LogP contribution in [-0.4, -0.2) is 34.2 Å². The zero-order valence-electron chi connectivity index (χ0n) is 14.6. The quantitative estimate of drug-likeness (QED) is 0.617. The Morgan fingerprint density at radius 2 is 2.00 bits per heavy atom. The third kappa shape index (κ3) is 5.18. The molecule has 27 heavy (non-hydrogen) atoms. The molecule has 3 aromatic rings. The number of carbonyl (C=O) groups is 1. The van der Waals surface area contributed by atoms with Crippen LogP contribution in [0.4, 0.5) is 0 Å². The monoisotopic (exact) mass is 370 g/mol. The molecule has 0 aliphatic heterocycles. The minimum absolute atomic E-state index is 0.120. The third-order valence-corrected chi connectivity index (χ3v) is 3.52. The van der Waals surface area contributed by atoms with Gasteiger partial charge in [-0.15, -0.1) is 0 Å². The molecule has 2 N–H and O–H groups in total. The maximum Gasteiger partial charge on any atom is 0.439 e. The first-order chi connectivity index (χ1) is 13.1. The minimum Gasteiger partial charge on any atom is -0.484 e. The Balaban J connectivity index is 1.45. The Bertz CT molecular complexity index is 931. The van der Waals surface area contributed by atoms with Gasteiger partial charge in [0.25, 0.3) is 5.91 Å². The number of hydrogen-bond acceptors (Lipinski definition) is 7. The summed E-state index contributed by atoms with van der Waals surface area (Å²) in [5.41, 5.74) is 1.53. The number of hydrogen-bond donors (Lipinski definition) is 2. The standard InChI is InChI=1S/C18H18N4O5/c1-2-25-16-8-3-12(10-20-16)9-19-15(23)11-26-14-6-4-13(5-7-14)17-21-18(24)27-22-17/h3-8,10H,2,9,11H2,1H3,(H,19,23)(H,21,22,24). The van der Waals surface area contributed by atoms with E-state index < -0.39 is 5.76 Å². The molecule has 9 heteroatoms. The van der Waals surface area contributed by atoms with Crippen molar-refractivity contribution >= 4 is 5.91 Å². The van der Waals surface area contributed by atoms with Gasteiger partial charge in [-0.05, 0) is 36.8 Å². The van der Waals surface area contributed by atoms with E-state index in [0.29, 0.717) is 36.2 Å². The average Bonchev–Trinajstić information content (AvgIpc) is 3.13. The molecule has 0 saturated carbocycles. The topological polar surface area (TPSA) is 119 Å². The van der Waals surface area contributed by atoms with E-state index in [-0.39, 0.29) is 12.5 Å². The van der Waals surface area contributed by atoms with Crippen LogP contribution in [0.5, 0.6) is 11.6 Å². The van der Waals surface area contributed by atoms with Crippen molar-refractivity contribution in [2.75, 3.05) is 13.2 Å². The molecule has 1 aromatic carbocycles. The summed E-state index contributed by atoms with van der Waals surface area (Å²) in [4.78, 5) is 29.5.